The molecule has 1 heterocycles. The van der Waals surface area contributed by atoms with E-state index in [0.717, 1.165) is 34.6 Å². The van der Waals surface area contributed by atoms with Gasteiger partial charge in [0.15, 0.2) is 0 Å². The highest BCUT2D eigenvalue weighted by Crippen LogP contribution is 2.26. The highest BCUT2D eigenvalue weighted by atomic mass is 35.5. The standard InChI is InChI=1S/C26H28N2O2.ClH/c1-19(2)22-12-6-9-15-25(22)30-18-21(29)17-28-24-14-8-7-13-23(24)27-26(28)16-20-10-4-3-5-11-20;/h3-15,19,21,29H,16-18H2,1-2H3;1H. The second-order valence-electron chi connectivity index (χ2n) is 7.95. The minimum atomic E-state index is -0.641. The maximum atomic E-state index is 10.8. The van der Waals surface area contributed by atoms with Crippen molar-refractivity contribution in [2.45, 2.75) is 38.8 Å². The van der Waals surface area contributed by atoms with Crippen LogP contribution in [0.4, 0.5) is 0 Å². The summed E-state index contributed by atoms with van der Waals surface area (Å²) in [6, 6.07) is 26.4. The molecule has 31 heavy (non-hydrogen) atoms. The molecule has 0 amide bonds. The zero-order valence-electron chi connectivity index (χ0n) is 17.9. The Morgan fingerprint density at radius 2 is 1.58 bits per heavy atom. The van der Waals surface area contributed by atoms with E-state index < -0.39 is 6.10 Å². The molecule has 0 aliphatic rings. The Hall–Kier alpha value is -2.82. The number of ether oxygens (including phenoxy) is 1. The van der Waals surface area contributed by atoms with E-state index in [-0.39, 0.29) is 19.0 Å². The van der Waals surface area contributed by atoms with Crippen molar-refractivity contribution in [2.75, 3.05) is 6.61 Å². The molecule has 1 atom stereocenters. The highest BCUT2D eigenvalue weighted by Gasteiger charge is 2.16. The maximum absolute atomic E-state index is 10.8. The number of aliphatic hydroxyl groups is 1. The van der Waals surface area contributed by atoms with Crippen LogP contribution >= 0.6 is 12.4 Å². The van der Waals surface area contributed by atoms with Crippen LogP contribution in [0, 0.1) is 0 Å². The molecule has 5 heteroatoms. The van der Waals surface area contributed by atoms with Gasteiger partial charge in [0.2, 0.25) is 0 Å². The fourth-order valence-electron chi connectivity index (χ4n) is 3.78. The monoisotopic (exact) mass is 436 g/mol. The molecule has 0 saturated heterocycles. The first kappa shape index (κ1) is 22.9. The van der Waals surface area contributed by atoms with Gasteiger partial charge < -0.3 is 14.4 Å². The number of fused-ring (bicyclic) bond motifs is 1. The first-order chi connectivity index (χ1) is 14.6. The van der Waals surface area contributed by atoms with Gasteiger partial charge in [0, 0.05) is 6.42 Å². The Kier molecular flexibility index (Phi) is 7.72. The van der Waals surface area contributed by atoms with E-state index in [9.17, 15) is 5.11 Å². The molecule has 4 rings (SSSR count). The number of benzene rings is 3. The summed E-state index contributed by atoms with van der Waals surface area (Å²) < 4.78 is 8.11. The van der Waals surface area contributed by atoms with Gasteiger partial charge in [-0.25, -0.2) is 4.98 Å². The van der Waals surface area contributed by atoms with Crippen molar-refractivity contribution in [1.82, 2.24) is 9.55 Å². The first-order valence-electron chi connectivity index (χ1n) is 10.5. The molecule has 3 aromatic carbocycles. The van der Waals surface area contributed by atoms with Gasteiger partial charge in [0.05, 0.1) is 17.6 Å². The molecule has 0 fully saturated rings. The number of aromatic nitrogens is 2. The van der Waals surface area contributed by atoms with E-state index in [2.05, 4.69) is 42.7 Å². The molecular formula is C26H29ClN2O2. The predicted octanol–water partition coefficient (Wildman–Crippen LogP) is 5.61. The quantitative estimate of drug-likeness (QED) is 0.390. The van der Waals surface area contributed by atoms with E-state index in [4.69, 9.17) is 9.72 Å². The molecule has 0 aliphatic carbocycles. The van der Waals surface area contributed by atoms with Crippen LogP contribution in [0.3, 0.4) is 0 Å². The van der Waals surface area contributed by atoms with Crippen molar-refractivity contribution in [3.05, 3.63) is 95.8 Å². The minimum Gasteiger partial charge on any atom is -0.491 e. The van der Waals surface area contributed by atoms with Crippen LogP contribution in [0.5, 0.6) is 5.75 Å². The van der Waals surface area contributed by atoms with Gasteiger partial charge in [-0.3, -0.25) is 0 Å². The molecule has 0 radical (unpaired) electrons. The predicted molar refractivity (Wildman–Crippen MR) is 128 cm³/mol. The zero-order valence-corrected chi connectivity index (χ0v) is 18.8. The third-order valence-corrected chi connectivity index (χ3v) is 5.30. The summed E-state index contributed by atoms with van der Waals surface area (Å²) in [6.07, 6.45) is 0.0802. The van der Waals surface area contributed by atoms with Gasteiger partial charge in [0.1, 0.15) is 24.3 Å². The number of aliphatic hydroxyl groups excluding tert-OH is 1. The fourth-order valence-corrected chi connectivity index (χ4v) is 3.78. The van der Waals surface area contributed by atoms with E-state index in [1.54, 1.807) is 0 Å². The molecule has 1 unspecified atom stereocenters. The zero-order chi connectivity index (χ0) is 20.9. The van der Waals surface area contributed by atoms with Crippen LogP contribution in [0.2, 0.25) is 0 Å². The third kappa shape index (κ3) is 5.46. The first-order valence-corrected chi connectivity index (χ1v) is 10.5. The van der Waals surface area contributed by atoms with Crippen LogP contribution in [-0.2, 0) is 13.0 Å². The number of nitrogens with zero attached hydrogens (tertiary/aromatic N) is 2. The largest absolute Gasteiger partial charge is 0.491 e. The van der Waals surface area contributed by atoms with Gasteiger partial charge in [-0.1, -0.05) is 74.5 Å². The normalized spacial score (nSPS) is 12.0. The second-order valence-corrected chi connectivity index (χ2v) is 7.95. The SMILES string of the molecule is CC(C)c1ccccc1OCC(O)Cn1c(Cc2ccccc2)nc2ccccc21.Cl. The molecule has 0 spiro atoms. The molecule has 4 aromatic rings. The molecule has 0 aliphatic heterocycles. The van der Waals surface area contributed by atoms with Crippen molar-refractivity contribution in [3.63, 3.8) is 0 Å². The van der Waals surface area contributed by atoms with Gasteiger partial charge in [-0.15, -0.1) is 12.4 Å². The van der Waals surface area contributed by atoms with Gasteiger partial charge in [-0.05, 0) is 35.2 Å². The van der Waals surface area contributed by atoms with E-state index >= 15 is 0 Å². The minimum absolute atomic E-state index is 0. The average Bonchev–Trinajstić information content (AvgIpc) is 3.10. The lowest BCUT2D eigenvalue weighted by Crippen LogP contribution is -2.25. The Labute approximate surface area is 189 Å². The summed E-state index contributed by atoms with van der Waals surface area (Å²) in [5, 5.41) is 10.8. The summed E-state index contributed by atoms with van der Waals surface area (Å²) in [5.74, 6) is 2.16. The fraction of sp³-hybridized carbons (Fsp3) is 0.269. The van der Waals surface area contributed by atoms with Gasteiger partial charge >= 0.3 is 0 Å². The third-order valence-electron chi connectivity index (χ3n) is 5.30. The van der Waals surface area contributed by atoms with Crippen molar-refractivity contribution in [2.24, 2.45) is 0 Å². The summed E-state index contributed by atoms with van der Waals surface area (Å²) in [7, 11) is 0. The number of imidazole rings is 1. The number of para-hydroxylation sites is 3. The number of halogens is 1. The Morgan fingerprint density at radius 1 is 0.903 bits per heavy atom. The summed E-state index contributed by atoms with van der Waals surface area (Å²) in [4.78, 5) is 4.83. The Bertz CT molecular complexity index is 1110. The van der Waals surface area contributed by atoms with Crippen molar-refractivity contribution >= 4 is 23.4 Å². The molecular weight excluding hydrogens is 408 g/mol. The topological polar surface area (TPSA) is 47.3 Å². The van der Waals surface area contributed by atoms with E-state index in [0.29, 0.717) is 12.5 Å². The van der Waals surface area contributed by atoms with Crippen LogP contribution < -0.4 is 4.74 Å². The highest BCUT2D eigenvalue weighted by molar-refractivity contribution is 5.85. The lowest BCUT2D eigenvalue weighted by atomic mass is 10.0. The van der Waals surface area contributed by atoms with Crippen LogP contribution in [-0.4, -0.2) is 27.4 Å². The van der Waals surface area contributed by atoms with E-state index in [1.807, 2.05) is 54.6 Å². The number of hydrogen-bond acceptors (Lipinski definition) is 3. The average molecular weight is 437 g/mol. The second kappa shape index (κ2) is 10.5. The molecule has 0 saturated carbocycles. The maximum Gasteiger partial charge on any atom is 0.122 e. The van der Waals surface area contributed by atoms with Gasteiger partial charge in [-0.2, -0.15) is 0 Å². The van der Waals surface area contributed by atoms with E-state index in [1.165, 1.54) is 5.56 Å². The molecule has 1 N–H and O–H groups in total. The van der Waals surface area contributed by atoms with Crippen LogP contribution in [0.25, 0.3) is 11.0 Å². The summed E-state index contributed by atoms with van der Waals surface area (Å²) in [5.41, 5.74) is 4.33. The molecule has 4 nitrogen and oxygen atoms in total. The molecule has 0 bridgehead atoms. The summed E-state index contributed by atoms with van der Waals surface area (Å²) >= 11 is 0. The lowest BCUT2D eigenvalue weighted by Gasteiger charge is -2.18. The Morgan fingerprint density at radius 3 is 2.35 bits per heavy atom. The number of rotatable bonds is 8. The van der Waals surface area contributed by atoms with Crippen molar-refractivity contribution in [1.29, 1.82) is 0 Å². The van der Waals surface area contributed by atoms with Crippen molar-refractivity contribution < 1.29 is 9.84 Å². The van der Waals surface area contributed by atoms with Crippen molar-refractivity contribution in [3.8, 4) is 5.75 Å². The molecule has 1 aromatic heterocycles. The van der Waals surface area contributed by atoms with Crippen LogP contribution in [0.1, 0.15) is 36.7 Å². The van der Waals surface area contributed by atoms with Crippen LogP contribution in [0.15, 0.2) is 78.9 Å². The smallest absolute Gasteiger partial charge is 0.122 e. The number of hydrogen-bond donors (Lipinski definition) is 1. The Balaban J connectivity index is 0.00000272. The summed E-state index contributed by atoms with van der Waals surface area (Å²) in [6.45, 7) is 4.96. The molecule has 162 valence electrons. The van der Waals surface area contributed by atoms with Gasteiger partial charge in [0.25, 0.3) is 0 Å². The lowest BCUT2D eigenvalue weighted by molar-refractivity contribution is 0.0922.